The minimum Gasteiger partial charge on any atom is -0.506 e. The maximum absolute atomic E-state index is 12.8. The van der Waals surface area contributed by atoms with Crippen LogP contribution in [0.15, 0.2) is 50.4 Å². The number of amides is 2. The zero-order valence-corrected chi connectivity index (χ0v) is 15.1. The SMILES string of the molecule is O=C(N/N=C/c1cc(Br)cc(Br)c1O)C(=O)Nc1ccc(F)cc1. The minimum atomic E-state index is -1.01. The van der Waals surface area contributed by atoms with Crippen LogP contribution in [0.3, 0.4) is 0 Å². The molecule has 0 atom stereocenters. The lowest BCUT2D eigenvalue weighted by molar-refractivity contribution is -0.136. The molecule has 24 heavy (non-hydrogen) atoms. The molecule has 2 aromatic carbocycles. The van der Waals surface area contributed by atoms with Gasteiger partial charge in [-0.25, -0.2) is 9.82 Å². The molecular weight excluding hydrogens is 449 g/mol. The van der Waals surface area contributed by atoms with E-state index in [-0.39, 0.29) is 11.4 Å². The molecule has 0 aliphatic carbocycles. The molecule has 0 aromatic heterocycles. The number of anilines is 1. The summed E-state index contributed by atoms with van der Waals surface area (Å²) in [6, 6.07) is 8.16. The van der Waals surface area contributed by atoms with Crippen molar-refractivity contribution in [3.63, 3.8) is 0 Å². The predicted octanol–water partition coefficient (Wildman–Crippen LogP) is 3.15. The van der Waals surface area contributed by atoms with E-state index in [0.29, 0.717) is 14.5 Å². The van der Waals surface area contributed by atoms with Gasteiger partial charge in [-0.05, 0) is 52.3 Å². The van der Waals surface area contributed by atoms with Gasteiger partial charge in [-0.1, -0.05) is 15.9 Å². The number of nitrogens with zero attached hydrogens (tertiary/aromatic N) is 1. The molecule has 2 aromatic rings. The fourth-order valence-electron chi connectivity index (χ4n) is 1.62. The second kappa shape index (κ2) is 8.02. The summed E-state index contributed by atoms with van der Waals surface area (Å²) in [6.45, 7) is 0. The van der Waals surface area contributed by atoms with E-state index in [0.717, 1.165) is 12.1 Å². The zero-order valence-electron chi connectivity index (χ0n) is 11.9. The molecule has 3 N–H and O–H groups in total. The standard InChI is InChI=1S/C15H10Br2FN3O3/c16-9-5-8(13(22)12(17)6-9)7-19-21-15(24)14(23)20-11-3-1-10(18)2-4-11/h1-7,22H,(H,20,23)(H,21,24)/b19-7+. The lowest BCUT2D eigenvalue weighted by atomic mass is 10.2. The van der Waals surface area contributed by atoms with Crippen molar-refractivity contribution >= 4 is 55.6 Å². The van der Waals surface area contributed by atoms with Gasteiger partial charge in [0.25, 0.3) is 0 Å². The van der Waals surface area contributed by atoms with Gasteiger partial charge in [-0.15, -0.1) is 0 Å². The Kier molecular flexibility index (Phi) is 6.04. The molecule has 0 fully saturated rings. The zero-order chi connectivity index (χ0) is 17.7. The molecule has 0 unspecified atom stereocenters. The number of phenols is 1. The normalized spacial score (nSPS) is 10.6. The van der Waals surface area contributed by atoms with E-state index in [2.05, 4.69) is 42.3 Å². The van der Waals surface area contributed by atoms with Crippen LogP contribution >= 0.6 is 31.9 Å². The second-order valence-corrected chi connectivity index (χ2v) is 6.26. The number of nitrogens with one attached hydrogen (secondary N) is 2. The molecule has 2 amide bonds. The first-order valence-electron chi connectivity index (χ1n) is 6.45. The number of aromatic hydroxyl groups is 1. The maximum Gasteiger partial charge on any atom is 0.329 e. The van der Waals surface area contributed by atoms with E-state index in [1.54, 1.807) is 12.1 Å². The Balaban J connectivity index is 1.97. The van der Waals surface area contributed by atoms with Crippen LogP contribution in [-0.4, -0.2) is 23.1 Å². The number of hydrazone groups is 1. The number of carbonyl (C=O) groups excluding carboxylic acids is 2. The minimum absolute atomic E-state index is 0.0630. The highest BCUT2D eigenvalue weighted by molar-refractivity contribution is 9.11. The molecule has 2 rings (SSSR count). The second-order valence-electron chi connectivity index (χ2n) is 4.49. The van der Waals surface area contributed by atoms with Crippen molar-refractivity contribution in [1.82, 2.24) is 5.43 Å². The Bertz CT molecular complexity index is 810. The average Bonchev–Trinajstić information content (AvgIpc) is 2.53. The van der Waals surface area contributed by atoms with Gasteiger partial charge >= 0.3 is 11.8 Å². The predicted molar refractivity (Wildman–Crippen MR) is 94.3 cm³/mol. The van der Waals surface area contributed by atoms with Gasteiger partial charge < -0.3 is 10.4 Å². The van der Waals surface area contributed by atoms with Gasteiger partial charge in [0.1, 0.15) is 11.6 Å². The van der Waals surface area contributed by atoms with E-state index in [4.69, 9.17) is 0 Å². The summed E-state index contributed by atoms with van der Waals surface area (Å²) >= 11 is 6.42. The number of hydrogen-bond acceptors (Lipinski definition) is 4. The number of hydrogen-bond donors (Lipinski definition) is 3. The Morgan fingerprint density at radius 2 is 1.79 bits per heavy atom. The summed E-state index contributed by atoms with van der Waals surface area (Å²) in [5.74, 6) is -2.49. The number of halogens is 3. The van der Waals surface area contributed by atoms with Gasteiger partial charge in [-0.3, -0.25) is 9.59 Å². The monoisotopic (exact) mass is 457 g/mol. The lowest BCUT2D eigenvalue weighted by Crippen LogP contribution is -2.32. The molecule has 0 aliphatic heterocycles. The molecule has 0 spiro atoms. The van der Waals surface area contributed by atoms with Crippen molar-refractivity contribution < 1.29 is 19.1 Å². The number of rotatable bonds is 3. The van der Waals surface area contributed by atoms with Crippen LogP contribution in [-0.2, 0) is 9.59 Å². The van der Waals surface area contributed by atoms with E-state index < -0.39 is 17.6 Å². The largest absolute Gasteiger partial charge is 0.506 e. The molecular formula is C15H10Br2FN3O3. The van der Waals surface area contributed by atoms with Crippen LogP contribution in [0.2, 0.25) is 0 Å². The van der Waals surface area contributed by atoms with Crippen LogP contribution in [0.5, 0.6) is 5.75 Å². The Hall–Kier alpha value is -2.26. The maximum atomic E-state index is 12.8. The third-order valence-corrected chi connectivity index (χ3v) is 3.80. The fourth-order valence-corrected chi connectivity index (χ4v) is 2.87. The van der Waals surface area contributed by atoms with Crippen LogP contribution in [0.4, 0.5) is 10.1 Å². The first-order valence-corrected chi connectivity index (χ1v) is 8.03. The Labute approximate surface area is 153 Å². The van der Waals surface area contributed by atoms with Crippen molar-refractivity contribution in [2.24, 2.45) is 5.10 Å². The highest BCUT2D eigenvalue weighted by atomic mass is 79.9. The Morgan fingerprint density at radius 1 is 1.12 bits per heavy atom. The molecule has 0 heterocycles. The molecule has 9 heteroatoms. The van der Waals surface area contributed by atoms with Crippen molar-refractivity contribution in [3.8, 4) is 5.75 Å². The topological polar surface area (TPSA) is 90.8 Å². The summed E-state index contributed by atoms with van der Waals surface area (Å²) in [6.07, 6.45) is 1.19. The first kappa shape index (κ1) is 18.1. The van der Waals surface area contributed by atoms with Crippen molar-refractivity contribution in [2.75, 3.05) is 5.32 Å². The van der Waals surface area contributed by atoms with Gasteiger partial charge in [0.2, 0.25) is 0 Å². The third kappa shape index (κ3) is 4.87. The molecule has 0 radical (unpaired) electrons. The van der Waals surface area contributed by atoms with Crippen molar-refractivity contribution in [1.29, 1.82) is 0 Å². The van der Waals surface area contributed by atoms with Gasteiger partial charge in [0.15, 0.2) is 0 Å². The summed E-state index contributed by atoms with van der Waals surface area (Å²) in [5, 5.41) is 15.7. The van der Waals surface area contributed by atoms with Gasteiger partial charge in [0.05, 0.1) is 10.7 Å². The molecule has 0 bridgehead atoms. The van der Waals surface area contributed by atoms with Crippen LogP contribution in [0.25, 0.3) is 0 Å². The molecule has 0 aliphatic rings. The number of benzene rings is 2. The van der Waals surface area contributed by atoms with E-state index >= 15 is 0 Å². The van der Waals surface area contributed by atoms with Gasteiger partial charge in [0, 0.05) is 15.7 Å². The van der Waals surface area contributed by atoms with Crippen molar-refractivity contribution in [3.05, 3.63) is 56.7 Å². The Morgan fingerprint density at radius 3 is 2.46 bits per heavy atom. The lowest BCUT2D eigenvalue weighted by Gasteiger charge is -2.04. The van der Waals surface area contributed by atoms with Gasteiger partial charge in [-0.2, -0.15) is 5.10 Å². The van der Waals surface area contributed by atoms with Crippen molar-refractivity contribution in [2.45, 2.75) is 0 Å². The smallest absolute Gasteiger partial charge is 0.329 e. The van der Waals surface area contributed by atoms with Crippen LogP contribution < -0.4 is 10.7 Å². The molecule has 124 valence electrons. The summed E-state index contributed by atoms with van der Waals surface area (Å²) in [5.41, 5.74) is 2.63. The third-order valence-electron chi connectivity index (χ3n) is 2.74. The fraction of sp³-hybridized carbons (Fsp3) is 0. The summed E-state index contributed by atoms with van der Waals surface area (Å²) < 4.78 is 13.9. The molecule has 0 saturated carbocycles. The first-order chi connectivity index (χ1) is 11.4. The van der Waals surface area contributed by atoms with E-state index in [1.807, 2.05) is 5.43 Å². The summed E-state index contributed by atoms with van der Waals surface area (Å²) in [4.78, 5) is 23.3. The van der Waals surface area contributed by atoms with Crippen LogP contribution in [0.1, 0.15) is 5.56 Å². The summed E-state index contributed by atoms with van der Waals surface area (Å²) in [7, 11) is 0. The number of phenolic OH excluding ortho intramolecular Hbond substituents is 1. The number of carbonyl (C=O) groups is 2. The van der Waals surface area contributed by atoms with E-state index in [9.17, 15) is 19.1 Å². The van der Waals surface area contributed by atoms with E-state index in [1.165, 1.54) is 18.3 Å². The highest BCUT2D eigenvalue weighted by Crippen LogP contribution is 2.30. The van der Waals surface area contributed by atoms with Crippen LogP contribution in [0, 0.1) is 5.82 Å². The molecule has 0 saturated heterocycles. The molecule has 6 nitrogen and oxygen atoms in total. The highest BCUT2D eigenvalue weighted by Gasteiger charge is 2.13. The average molecular weight is 459 g/mol. The quantitative estimate of drug-likeness (QED) is 0.375.